The van der Waals surface area contributed by atoms with Gasteiger partial charge in [-0.3, -0.25) is 4.79 Å². The molecule has 0 saturated carbocycles. The van der Waals surface area contributed by atoms with Gasteiger partial charge in [-0.25, -0.2) is 4.68 Å². The molecule has 2 N–H and O–H groups in total. The number of pyridine rings is 1. The van der Waals surface area contributed by atoms with Crippen LogP contribution in [0.25, 0.3) is 16.7 Å². The second kappa shape index (κ2) is 7.92. The lowest BCUT2D eigenvalue weighted by molar-refractivity contribution is 0.171. The number of hydrogen-bond donors (Lipinski definition) is 2. The van der Waals surface area contributed by atoms with Crippen LogP contribution in [0.15, 0.2) is 59.4 Å². The Bertz CT molecular complexity index is 1290. The number of rotatable bonds is 5. The zero-order valence-corrected chi connectivity index (χ0v) is 17.5. The van der Waals surface area contributed by atoms with E-state index < -0.39 is 0 Å². The van der Waals surface area contributed by atoms with Gasteiger partial charge in [0, 0.05) is 23.5 Å². The van der Waals surface area contributed by atoms with Crippen LogP contribution in [-0.4, -0.2) is 28.0 Å². The molecule has 1 aliphatic rings. The van der Waals surface area contributed by atoms with Gasteiger partial charge in [0.25, 0.3) is 5.56 Å². The van der Waals surface area contributed by atoms with Crippen molar-refractivity contribution in [3.8, 4) is 17.2 Å². The van der Waals surface area contributed by atoms with Crippen molar-refractivity contribution >= 4 is 11.0 Å². The van der Waals surface area contributed by atoms with E-state index in [2.05, 4.69) is 22.3 Å². The summed E-state index contributed by atoms with van der Waals surface area (Å²) in [6.07, 6.45) is 0. The van der Waals surface area contributed by atoms with Crippen molar-refractivity contribution in [3.05, 3.63) is 81.8 Å². The van der Waals surface area contributed by atoms with Crippen molar-refractivity contribution < 1.29 is 9.47 Å². The molecule has 5 rings (SSSR count). The van der Waals surface area contributed by atoms with Crippen LogP contribution in [0.2, 0.25) is 0 Å². The Morgan fingerprint density at radius 2 is 1.87 bits per heavy atom. The molecular formula is C24H24N4O3. The predicted molar refractivity (Wildman–Crippen MR) is 119 cm³/mol. The van der Waals surface area contributed by atoms with Gasteiger partial charge in [0.2, 0.25) is 0 Å². The fourth-order valence-corrected chi connectivity index (χ4v) is 3.86. The minimum atomic E-state index is -0.119. The zero-order valence-electron chi connectivity index (χ0n) is 17.5. The van der Waals surface area contributed by atoms with Gasteiger partial charge in [-0.05, 0) is 49.7 Å². The van der Waals surface area contributed by atoms with Gasteiger partial charge < -0.3 is 19.8 Å². The molecule has 0 unspecified atom stereocenters. The lowest BCUT2D eigenvalue weighted by Crippen LogP contribution is -2.24. The molecule has 158 valence electrons. The van der Waals surface area contributed by atoms with Gasteiger partial charge in [0.15, 0.2) is 11.5 Å². The fourth-order valence-electron chi connectivity index (χ4n) is 3.86. The molecule has 0 amide bonds. The van der Waals surface area contributed by atoms with Crippen LogP contribution in [0.4, 0.5) is 0 Å². The summed E-state index contributed by atoms with van der Waals surface area (Å²) in [5, 5.41) is 9.01. The number of para-hydroxylation sites is 1. The van der Waals surface area contributed by atoms with E-state index in [1.807, 2.05) is 61.5 Å². The minimum absolute atomic E-state index is 0.0408. The number of fused-ring (bicyclic) bond motifs is 2. The molecule has 1 atom stereocenters. The molecule has 4 aromatic rings. The summed E-state index contributed by atoms with van der Waals surface area (Å²) in [6.45, 7) is 5.60. The third kappa shape index (κ3) is 3.68. The molecule has 2 aromatic heterocycles. The SMILES string of the molecule is Cc1nn(-c2ccccc2)c2[nH]c(=O)c(CN[C@H](C)c3ccc4c(c3)OCCO4)cc12. The van der Waals surface area contributed by atoms with E-state index in [1.165, 1.54) is 0 Å². The molecule has 3 heterocycles. The minimum Gasteiger partial charge on any atom is -0.486 e. The maximum absolute atomic E-state index is 12.8. The molecule has 0 saturated heterocycles. The van der Waals surface area contributed by atoms with Gasteiger partial charge in [0.1, 0.15) is 18.9 Å². The maximum Gasteiger partial charge on any atom is 0.254 e. The highest BCUT2D eigenvalue weighted by atomic mass is 16.6. The van der Waals surface area contributed by atoms with E-state index in [0.29, 0.717) is 31.0 Å². The summed E-state index contributed by atoms with van der Waals surface area (Å²) >= 11 is 0. The predicted octanol–water partition coefficient (Wildman–Crippen LogP) is 3.64. The first kappa shape index (κ1) is 19.4. The summed E-state index contributed by atoms with van der Waals surface area (Å²) in [5.74, 6) is 1.54. The number of hydrogen-bond acceptors (Lipinski definition) is 5. The van der Waals surface area contributed by atoms with Crippen molar-refractivity contribution in [2.75, 3.05) is 13.2 Å². The number of nitrogens with one attached hydrogen (secondary N) is 2. The fraction of sp³-hybridized carbons (Fsp3) is 0.250. The molecule has 1 aliphatic heterocycles. The van der Waals surface area contributed by atoms with Crippen molar-refractivity contribution in [1.82, 2.24) is 20.1 Å². The number of nitrogens with zero attached hydrogens (tertiary/aromatic N) is 2. The van der Waals surface area contributed by atoms with E-state index in [-0.39, 0.29) is 11.6 Å². The van der Waals surface area contributed by atoms with Gasteiger partial charge in [0.05, 0.1) is 11.4 Å². The Balaban J connectivity index is 1.39. The Morgan fingerprint density at radius 1 is 1.10 bits per heavy atom. The van der Waals surface area contributed by atoms with Crippen LogP contribution in [-0.2, 0) is 6.54 Å². The van der Waals surface area contributed by atoms with Gasteiger partial charge >= 0.3 is 0 Å². The highest BCUT2D eigenvalue weighted by Crippen LogP contribution is 2.32. The molecule has 7 nitrogen and oxygen atoms in total. The summed E-state index contributed by atoms with van der Waals surface area (Å²) in [5.41, 5.74) is 4.12. The van der Waals surface area contributed by atoms with E-state index >= 15 is 0 Å². The maximum atomic E-state index is 12.8. The second-order valence-electron chi connectivity index (χ2n) is 7.72. The number of H-pyrrole nitrogens is 1. The van der Waals surface area contributed by atoms with Crippen LogP contribution in [0, 0.1) is 6.92 Å². The average Bonchev–Trinajstić information content (AvgIpc) is 3.12. The third-order valence-corrected chi connectivity index (χ3v) is 5.61. The summed E-state index contributed by atoms with van der Waals surface area (Å²) in [4.78, 5) is 15.8. The molecular weight excluding hydrogens is 392 g/mol. The molecule has 7 heteroatoms. The second-order valence-corrected chi connectivity index (χ2v) is 7.72. The van der Waals surface area contributed by atoms with Gasteiger partial charge in [-0.15, -0.1) is 0 Å². The molecule has 0 aliphatic carbocycles. The Hall–Kier alpha value is -3.58. The van der Waals surface area contributed by atoms with Crippen LogP contribution in [0.3, 0.4) is 0 Å². The van der Waals surface area contributed by atoms with Crippen LogP contribution >= 0.6 is 0 Å². The Kier molecular flexibility index (Phi) is 4.95. The van der Waals surface area contributed by atoms with Crippen LogP contribution in [0.1, 0.15) is 29.8 Å². The van der Waals surface area contributed by atoms with Crippen molar-refractivity contribution in [2.45, 2.75) is 26.4 Å². The number of aromatic nitrogens is 3. The number of benzene rings is 2. The van der Waals surface area contributed by atoms with Crippen molar-refractivity contribution in [1.29, 1.82) is 0 Å². The Morgan fingerprint density at radius 3 is 2.68 bits per heavy atom. The third-order valence-electron chi connectivity index (χ3n) is 5.61. The summed E-state index contributed by atoms with van der Waals surface area (Å²) < 4.78 is 13.0. The first-order chi connectivity index (χ1) is 15.1. The highest BCUT2D eigenvalue weighted by Gasteiger charge is 2.16. The van der Waals surface area contributed by atoms with E-state index in [9.17, 15) is 4.79 Å². The molecule has 0 bridgehead atoms. The Labute approximate surface area is 179 Å². The largest absolute Gasteiger partial charge is 0.486 e. The van der Waals surface area contributed by atoms with Crippen LogP contribution in [0.5, 0.6) is 11.5 Å². The first-order valence-electron chi connectivity index (χ1n) is 10.4. The van der Waals surface area contributed by atoms with Gasteiger partial charge in [-0.1, -0.05) is 24.3 Å². The normalized spacial score (nSPS) is 14.0. The zero-order chi connectivity index (χ0) is 21.4. The topological polar surface area (TPSA) is 81.2 Å². The number of aryl methyl sites for hydroxylation is 1. The quantitative estimate of drug-likeness (QED) is 0.519. The van der Waals surface area contributed by atoms with Crippen molar-refractivity contribution in [3.63, 3.8) is 0 Å². The van der Waals surface area contributed by atoms with E-state index in [4.69, 9.17) is 9.47 Å². The van der Waals surface area contributed by atoms with Crippen LogP contribution < -0.4 is 20.3 Å². The molecule has 0 radical (unpaired) electrons. The molecule has 0 spiro atoms. The highest BCUT2D eigenvalue weighted by molar-refractivity contribution is 5.80. The van der Waals surface area contributed by atoms with E-state index in [0.717, 1.165) is 33.8 Å². The average molecular weight is 416 g/mol. The lowest BCUT2D eigenvalue weighted by Gasteiger charge is -2.21. The van der Waals surface area contributed by atoms with E-state index in [1.54, 1.807) is 4.68 Å². The lowest BCUT2D eigenvalue weighted by atomic mass is 10.1. The summed E-state index contributed by atoms with van der Waals surface area (Å²) in [7, 11) is 0. The number of ether oxygens (including phenoxy) is 2. The molecule has 2 aromatic carbocycles. The van der Waals surface area contributed by atoms with Crippen molar-refractivity contribution in [2.24, 2.45) is 0 Å². The smallest absolute Gasteiger partial charge is 0.254 e. The monoisotopic (exact) mass is 416 g/mol. The number of aromatic amines is 1. The summed E-state index contributed by atoms with van der Waals surface area (Å²) in [6, 6.07) is 17.7. The molecule has 31 heavy (non-hydrogen) atoms. The van der Waals surface area contributed by atoms with Gasteiger partial charge in [-0.2, -0.15) is 5.10 Å². The standard InChI is InChI=1S/C24H24N4O3/c1-15(17-8-9-21-22(13-17)31-11-10-30-21)25-14-18-12-20-16(2)27-28(23(20)26-24(18)29)19-6-4-3-5-7-19/h3-9,12-13,15,25H,10-11,14H2,1-2H3,(H,26,29)/t15-/m1/s1. The molecule has 0 fully saturated rings. The first-order valence-corrected chi connectivity index (χ1v) is 10.4.